The van der Waals surface area contributed by atoms with Crippen LogP contribution in [0.5, 0.6) is 0 Å². The van der Waals surface area contributed by atoms with Crippen molar-refractivity contribution in [3.8, 4) is 0 Å². The van der Waals surface area contributed by atoms with Crippen LogP contribution >= 0.6 is 0 Å². The summed E-state index contributed by atoms with van der Waals surface area (Å²) in [6.45, 7) is 4.94. The van der Waals surface area contributed by atoms with Gasteiger partial charge in [-0.2, -0.15) is 0 Å². The highest BCUT2D eigenvalue weighted by Crippen LogP contribution is 2.19. The third-order valence-electron chi connectivity index (χ3n) is 4.62. The van der Waals surface area contributed by atoms with Crippen LogP contribution in [0.3, 0.4) is 0 Å². The Kier molecular flexibility index (Phi) is 5.10. The second kappa shape index (κ2) is 7.24. The first kappa shape index (κ1) is 14.1. The van der Waals surface area contributed by atoms with E-state index < -0.39 is 0 Å². The Morgan fingerprint density at radius 2 is 1.80 bits per heavy atom. The molecule has 2 heteroatoms. The fourth-order valence-corrected chi connectivity index (χ4v) is 3.15. The number of nitrogens with zero attached hydrogens (tertiary/aromatic N) is 1. The van der Waals surface area contributed by atoms with Crippen LogP contribution in [-0.4, -0.2) is 30.6 Å². The van der Waals surface area contributed by atoms with Gasteiger partial charge in [-0.05, 0) is 56.3 Å². The zero-order chi connectivity index (χ0) is 13.6. The van der Waals surface area contributed by atoms with E-state index in [0.29, 0.717) is 0 Å². The minimum absolute atomic E-state index is 0.878. The maximum Gasteiger partial charge on any atom is 0.0236 e. The summed E-state index contributed by atoms with van der Waals surface area (Å²) in [4.78, 5) is 2.63. The molecule has 0 saturated heterocycles. The standard InChI is InChI=1S/C18H28N2/c1(5-12-19-18-9-10-18)2-6-13-20-14-11-16-7-3-4-8-17(16)15-20/h3-4,7-8,18-19H,1-2,5-6,9-15H2. The van der Waals surface area contributed by atoms with Gasteiger partial charge in [0.1, 0.15) is 0 Å². The highest BCUT2D eigenvalue weighted by Gasteiger charge is 2.19. The molecule has 0 aromatic heterocycles. The molecule has 0 spiro atoms. The lowest BCUT2D eigenvalue weighted by Gasteiger charge is -2.28. The lowest BCUT2D eigenvalue weighted by atomic mass is 10.00. The summed E-state index contributed by atoms with van der Waals surface area (Å²) >= 11 is 0. The fourth-order valence-electron chi connectivity index (χ4n) is 3.15. The average molecular weight is 272 g/mol. The molecule has 3 rings (SSSR count). The molecule has 1 fully saturated rings. The molecule has 1 aliphatic heterocycles. The van der Waals surface area contributed by atoms with E-state index >= 15 is 0 Å². The monoisotopic (exact) mass is 272 g/mol. The minimum atomic E-state index is 0.878. The first-order valence-electron chi connectivity index (χ1n) is 8.44. The molecule has 1 aromatic carbocycles. The molecule has 0 radical (unpaired) electrons. The van der Waals surface area contributed by atoms with E-state index in [-0.39, 0.29) is 0 Å². The van der Waals surface area contributed by atoms with Crippen LogP contribution in [0.15, 0.2) is 24.3 Å². The van der Waals surface area contributed by atoms with E-state index in [1.807, 2.05) is 0 Å². The summed E-state index contributed by atoms with van der Waals surface area (Å²) < 4.78 is 0. The number of unbranched alkanes of at least 4 members (excludes halogenated alkanes) is 3. The number of hydrogen-bond donors (Lipinski definition) is 1. The van der Waals surface area contributed by atoms with Gasteiger partial charge in [-0.25, -0.2) is 0 Å². The molecule has 0 unspecified atom stereocenters. The summed E-state index contributed by atoms with van der Waals surface area (Å²) in [7, 11) is 0. The molecule has 20 heavy (non-hydrogen) atoms. The number of rotatable bonds is 8. The molecule has 1 aliphatic carbocycles. The van der Waals surface area contributed by atoms with Crippen molar-refractivity contribution in [2.45, 2.75) is 57.5 Å². The van der Waals surface area contributed by atoms with Crippen LogP contribution in [0.1, 0.15) is 49.7 Å². The van der Waals surface area contributed by atoms with Crippen LogP contribution in [0, 0.1) is 0 Å². The van der Waals surface area contributed by atoms with E-state index in [0.717, 1.165) is 6.04 Å². The first-order chi connectivity index (χ1) is 9.92. The molecule has 2 nitrogen and oxygen atoms in total. The van der Waals surface area contributed by atoms with Crippen molar-refractivity contribution in [3.63, 3.8) is 0 Å². The molecule has 1 aromatic rings. The largest absolute Gasteiger partial charge is 0.314 e. The summed E-state index contributed by atoms with van der Waals surface area (Å²) in [6, 6.07) is 9.81. The molecule has 0 bridgehead atoms. The number of benzene rings is 1. The minimum Gasteiger partial charge on any atom is -0.314 e. The maximum absolute atomic E-state index is 3.60. The van der Waals surface area contributed by atoms with Gasteiger partial charge < -0.3 is 5.32 Å². The van der Waals surface area contributed by atoms with Gasteiger partial charge in [-0.3, -0.25) is 4.90 Å². The van der Waals surface area contributed by atoms with E-state index in [2.05, 4.69) is 34.5 Å². The molecule has 0 amide bonds. The van der Waals surface area contributed by atoms with Crippen LogP contribution in [0.25, 0.3) is 0 Å². The molecular weight excluding hydrogens is 244 g/mol. The second-order valence-electron chi connectivity index (χ2n) is 6.44. The Morgan fingerprint density at radius 1 is 1.00 bits per heavy atom. The summed E-state index contributed by atoms with van der Waals surface area (Å²) in [5.74, 6) is 0. The molecule has 0 atom stereocenters. The Labute approximate surface area is 123 Å². The van der Waals surface area contributed by atoms with Crippen molar-refractivity contribution in [2.24, 2.45) is 0 Å². The highest BCUT2D eigenvalue weighted by atomic mass is 15.1. The zero-order valence-electron chi connectivity index (χ0n) is 12.6. The third-order valence-corrected chi connectivity index (χ3v) is 4.62. The molecule has 110 valence electrons. The van der Waals surface area contributed by atoms with Crippen LogP contribution in [0.4, 0.5) is 0 Å². The molecule has 1 heterocycles. The predicted molar refractivity (Wildman–Crippen MR) is 84.9 cm³/mol. The Balaban J connectivity index is 1.26. The van der Waals surface area contributed by atoms with E-state index in [9.17, 15) is 0 Å². The van der Waals surface area contributed by atoms with Crippen LogP contribution in [0.2, 0.25) is 0 Å². The Hall–Kier alpha value is -0.860. The van der Waals surface area contributed by atoms with Crippen LogP contribution in [-0.2, 0) is 13.0 Å². The SMILES string of the molecule is c1ccc2c(c1)CCN(CCCCCCNC1CC1)C2. The van der Waals surface area contributed by atoms with Gasteiger partial charge in [0, 0.05) is 19.1 Å². The number of hydrogen-bond acceptors (Lipinski definition) is 2. The fraction of sp³-hybridized carbons (Fsp3) is 0.667. The van der Waals surface area contributed by atoms with E-state index in [4.69, 9.17) is 0 Å². The number of fused-ring (bicyclic) bond motifs is 1. The van der Waals surface area contributed by atoms with Crippen LogP contribution < -0.4 is 5.32 Å². The molecule has 2 aliphatic rings. The smallest absolute Gasteiger partial charge is 0.0236 e. The van der Waals surface area contributed by atoms with Gasteiger partial charge >= 0.3 is 0 Å². The summed E-state index contributed by atoms with van der Waals surface area (Å²) in [6.07, 6.45) is 9.58. The predicted octanol–water partition coefficient (Wildman–Crippen LogP) is 3.36. The Bertz CT molecular complexity index is 412. The zero-order valence-corrected chi connectivity index (χ0v) is 12.6. The van der Waals surface area contributed by atoms with Crippen molar-refractivity contribution in [1.29, 1.82) is 0 Å². The molecule has 1 saturated carbocycles. The molecular formula is C18H28N2. The van der Waals surface area contributed by atoms with Gasteiger partial charge in [0.05, 0.1) is 0 Å². The van der Waals surface area contributed by atoms with Gasteiger partial charge in [0.2, 0.25) is 0 Å². The average Bonchev–Trinajstić information content (AvgIpc) is 3.30. The van der Waals surface area contributed by atoms with Gasteiger partial charge in [0.25, 0.3) is 0 Å². The third kappa shape index (κ3) is 4.32. The van der Waals surface area contributed by atoms with Crippen molar-refractivity contribution >= 4 is 0 Å². The lowest BCUT2D eigenvalue weighted by Crippen LogP contribution is -2.31. The van der Waals surface area contributed by atoms with Crippen molar-refractivity contribution in [1.82, 2.24) is 10.2 Å². The maximum atomic E-state index is 3.60. The quantitative estimate of drug-likeness (QED) is 0.730. The molecule has 1 N–H and O–H groups in total. The van der Waals surface area contributed by atoms with Crippen molar-refractivity contribution in [2.75, 3.05) is 19.6 Å². The van der Waals surface area contributed by atoms with E-state index in [1.165, 1.54) is 71.1 Å². The first-order valence-corrected chi connectivity index (χ1v) is 8.44. The highest BCUT2D eigenvalue weighted by molar-refractivity contribution is 5.28. The van der Waals surface area contributed by atoms with Gasteiger partial charge in [-0.1, -0.05) is 37.1 Å². The van der Waals surface area contributed by atoms with Gasteiger partial charge in [0.15, 0.2) is 0 Å². The van der Waals surface area contributed by atoms with E-state index in [1.54, 1.807) is 11.1 Å². The normalized spacial score (nSPS) is 19.0. The lowest BCUT2D eigenvalue weighted by molar-refractivity contribution is 0.248. The Morgan fingerprint density at radius 3 is 2.65 bits per heavy atom. The number of nitrogens with one attached hydrogen (secondary N) is 1. The summed E-state index contributed by atoms with van der Waals surface area (Å²) in [5, 5.41) is 3.60. The topological polar surface area (TPSA) is 15.3 Å². The second-order valence-corrected chi connectivity index (χ2v) is 6.44. The summed E-state index contributed by atoms with van der Waals surface area (Å²) in [5.41, 5.74) is 3.11. The van der Waals surface area contributed by atoms with Crippen molar-refractivity contribution < 1.29 is 0 Å². The van der Waals surface area contributed by atoms with Gasteiger partial charge in [-0.15, -0.1) is 0 Å². The van der Waals surface area contributed by atoms with Crippen molar-refractivity contribution in [3.05, 3.63) is 35.4 Å².